The van der Waals surface area contributed by atoms with Crippen LogP contribution in [0.4, 0.5) is 36.3 Å². The van der Waals surface area contributed by atoms with Crippen molar-refractivity contribution in [2.45, 2.75) is 19.3 Å². The van der Waals surface area contributed by atoms with Crippen LogP contribution in [-0.2, 0) is 24.0 Å². The highest BCUT2D eigenvalue weighted by Crippen LogP contribution is 2.30. The Morgan fingerprint density at radius 1 is 0.902 bits per heavy atom. The monoisotopic (exact) mass is 560 g/mol. The van der Waals surface area contributed by atoms with Crippen LogP contribution < -0.4 is 15.5 Å². The van der Waals surface area contributed by atoms with E-state index in [0.29, 0.717) is 54.8 Å². The molecule has 41 heavy (non-hydrogen) atoms. The van der Waals surface area contributed by atoms with Crippen LogP contribution >= 0.6 is 0 Å². The minimum absolute atomic E-state index is 0.293. The summed E-state index contributed by atoms with van der Waals surface area (Å²) in [4.78, 5) is 20.4. The lowest BCUT2D eigenvalue weighted by molar-refractivity contribution is -0.137. The number of morpholine rings is 1. The Balaban J connectivity index is 1.28. The minimum Gasteiger partial charge on any atom is -0.378 e. The SMILES string of the molecule is FC(F)(F)c1ccc(Cn2cnc3c(NCc4cccnc4)nc(Nc4ccc(N5CCOCC5)cc4)nc32)cc1. The first kappa shape index (κ1) is 26.5. The van der Waals surface area contributed by atoms with Crippen LogP contribution in [0.2, 0.25) is 0 Å². The van der Waals surface area contributed by atoms with Crippen molar-refractivity contribution >= 4 is 34.3 Å². The summed E-state index contributed by atoms with van der Waals surface area (Å²) in [6, 6.07) is 16.9. The van der Waals surface area contributed by atoms with Gasteiger partial charge in [0.1, 0.15) is 0 Å². The van der Waals surface area contributed by atoms with Crippen molar-refractivity contribution < 1.29 is 17.9 Å². The van der Waals surface area contributed by atoms with Gasteiger partial charge in [-0.05, 0) is 53.6 Å². The van der Waals surface area contributed by atoms with Gasteiger partial charge in [-0.15, -0.1) is 0 Å². The Morgan fingerprint density at radius 3 is 2.39 bits per heavy atom. The predicted molar refractivity (Wildman–Crippen MR) is 150 cm³/mol. The summed E-state index contributed by atoms with van der Waals surface area (Å²) < 4.78 is 46.3. The molecule has 0 atom stereocenters. The molecule has 0 bridgehead atoms. The number of benzene rings is 2. The summed E-state index contributed by atoms with van der Waals surface area (Å²) >= 11 is 0. The molecule has 2 N–H and O–H groups in total. The lowest BCUT2D eigenvalue weighted by atomic mass is 10.1. The largest absolute Gasteiger partial charge is 0.416 e. The van der Waals surface area contributed by atoms with Crippen molar-refractivity contribution in [3.05, 3.63) is 96.1 Å². The zero-order valence-corrected chi connectivity index (χ0v) is 22.0. The molecular weight excluding hydrogens is 533 g/mol. The van der Waals surface area contributed by atoms with Crippen molar-refractivity contribution in [1.29, 1.82) is 0 Å². The number of halogens is 3. The number of hydrogen-bond donors (Lipinski definition) is 2. The van der Waals surface area contributed by atoms with Crippen LogP contribution in [-0.4, -0.2) is 50.8 Å². The van der Waals surface area contributed by atoms with Gasteiger partial charge < -0.3 is 24.8 Å². The summed E-state index contributed by atoms with van der Waals surface area (Å²) in [6.07, 6.45) is 0.710. The van der Waals surface area contributed by atoms with Crippen molar-refractivity contribution in [3.63, 3.8) is 0 Å². The van der Waals surface area contributed by atoms with Crippen LogP contribution in [0.25, 0.3) is 11.2 Å². The molecule has 0 radical (unpaired) electrons. The third kappa shape index (κ3) is 6.22. The molecule has 0 saturated carbocycles. The number of nitrogens with zero attached hydrogens (tertiary/aromatic N) is 6. The zero-order valence-electron chi connectivity index (χ0n) is 22.0. The van der Waals surface area contributed by atoms with Gasteiger partial charge in [-0.2, -0.15) is 23.1 Å². The van der Waals surface area contributed by atoms with Gasteiger partial charge in [-0.3, -0.25) is 4.98 Å². The third-order valence-electron chi connectivity index (χ3n) is 6.78. The van der Waals surface area contributed by atoms with Crippen LogP contribution in [0.3, 0.4) is 0 Å². The van der Waals surface area contributed by atoms with Gasteiger partial charge in [0.15, 0.2) is 17.0 Å². The molecule has 0 unspecified atom stereocenters. The molecular formula is C29H27F3N8O. The van der Waals surface area contributed by atoms with Gasteiger partial charge in [-0.1, -0.05) is 18.2 Å². The number of imidazole rings is 1. The summed E-state index contributed by atoms with van der Waals surface area (Å²) in [5.74, 6) is 0.886. The predicted octanol–water partition coefficient (Wildman–Crippen LogP) is 5.48. The second-order valence-electron chi connectivity index (χ2n) is 9.62. The number of pyridine rings is 1. The first-order chi connectivity index (χ1) is 19.9. The molecule has 0 amide bonds. The lowest BCUT2D eigenvalue weighted by Crippen LogP contribution is -2.36. The van der Waals surface area contributed by atoms with E-state index in [1.54, 1.807) is 23.3 Å². The molecule has 9 nitrogen and oxygen atoms in total. The maximum Gasteiger partial charge on any atom is 0.416 e. The molecule has 5 aromatic rings. The Kier molecular flexibility index (Phi) is 7.38. The average Bonchev–Trinajstić information content (AvgIpc) is 3.39. The van der Waals surface area contributed by atoms with Crippen LogP contribution in [0.15, 0.2) is 79.4 Å². The van der Waals surface area contributed by atoms with Gasteiger partial charge in [0, 0.05) is 43.4 Å². The number of ether oxygens (including phenoxy) is 1. The average molecular weight is 561 g/mol. The first-order valence-corrected chi connectivity index (χ1v) is 13.1. The summed E-state index contributed by atoms with van der Waals surface area (Å²) in [6.45, 7) is 3.88. The minimum atomic E-state index is -4.39. The highest BCUT2D eigenvalue weighted by atomic mass is 19.4. The number of aromatic nitrogens is 5. The molecule has 1 aliphatic rings. The molecule has 0 spiro atoms. The van der Waals surface area contributed by atoms with Crippen LogP contribution in [0.5, 0.6) is 0 Å². The van der Waals surface area contributed by atoms with E-state index < -0.39 is 11.7 Å². The fourth-order valence-corrected chi connectivity index (χ4v) is 4.63. The normalized spacial score (nSPS) is 13.9. The highest BCUT2D eigenvalue weighted by Gasteiger charge is 2.30. The molecule has 210 valence electrons. The smallest absolute Gasteiger partial charge is 0.378 e. The van der Waals surface area contributed by atoms with Gasteiger partial charge in [0.25, 0.3) is 0 Å². The molecule has 12 heteroatoms. The molecule has 2 aromatic carbocycles. The highest BCUT2D eigenvalue weighted by molar-refractivity contribution is 5.84. The van der Waals surface area contributed by atoms with E-state index in [4.69, 9.17) is 14.7 Å². The van der Waals surface area contributed by atoms with E-state index in [0.717, 1.165) is 42.2 Å². The van der Waals surface area contributed by atoms with E-state index in [9.17, 15) is 13.2 Å². The van der Waals surface area contributed by atoms with Crippen molar-refractivity contribution in [2.75, 3.05) is 41.8 Å². The van der Waals surface area contributed by atoms with Crippen molar-refractivity contribution in [3.8, 4) is 0 Å². The van der Waals surface area contributed by atoms with Gasteiger partial charge >= 0.3 is 6.18 Å². The second-order valence-corrected chi connectivity index (χ2v) is 9.62. The molecule has 1 aliphatic heterocycles. The van der Waals surface area contributed by atoms with Crippen LogP contribution in [0.1, 0.15) is 16.7 Å². The number of nitrogens with one attached hydrogen (secondary N) is 2. The van der Waals surface area contributed by atoms with E-state index in [2.05, 4.69) is 25.5 Å². The summed E-state index contributed by atoms with van der Waals surface area (Å²) in [5, 5.41) is 6.62. The number of anilines is 4. The Bertz CT molecular complexity index is 1600. The van der Waals surface area contributed by atoms with Crippen LogP contribution in [0, 0.1) is 0 Å². The third-order valence-corrected chi connectivity index (χ3v) is 6.78. The standard InChI is InChI=1S/C29H27F3N8O/c30-29(31,32)22-5-3-20(4-6-22)18-40-19-35-25-26(34-17-21-2-1-11-33-16-21)37-28(38-27(25)40)36-23-7-9-24(10-8-23)39-12-14-41-15-13-39/h1-11,16,19H,12-15,17-18H2,(H2,34,36,37,38). The van der Waals surface area contributed by atoms with Crippen molar-refractivity contribution in [1.82, 2.24) is 24.5 Å². The van der Waals surface area contributed by atoms with Crippen molar-refractivity contribution in [2.24, 2.45) is 0 Å². The van der Waals surface area contributed by atoms with E-state index >= 15 is 0 Å². The molecule has 6 rings (SSSR count). The molecule has 1 fully saturated rings. The number of hydrogen-bond acceptors (Lipinski definition) is 8. The molecule has 3 aromatic heterocycles. The number of fused-ring (bicyclic) bond motifs is 1. The molecule has 0 aliphatic carbocycles. The Hall–Kier alpha value is -4.71. The molecule has 4 heterocycles. The number of rotatable bonds is 8. The summed E-state index contributed by atoms with van der Waals surface area (Å²) in [5.41, 5.74) is 3.99. The zero-order chi connectivity index (χ0) is 28.2. The van der Waals surface area contributed by atoms with E-state index in [1.807, 2.05) is 36.4 Å². The maximum atomic E-state index is 13.0. The van der Waals surface area contributed by atoms with Gasteiger partial charge in [0.05, 0.1) is 31.6 Å². The molecule has 1 saturated heterocycles. The number of alkyl halides is 3. The second kappa shape index (κ2) is 11.4. The van der Waals surface area contributed by atoms with E-state index in [-0.39, 0.29) is 0 Å². The lowest BCUT2D eigenvalue weighted by Gasteiger charge is -2.28. The fourth-order valence-electron chi connectivity index (χ4n) is 4.63. The quantitative estimate of drug-likeness (QED) is 0.258. The summed E-state index contributed by atoms with van der Waals surface area (Å²) in [7, 11) is 0. The first-order valence-electron chi connectivity index (χ1n) is 13.1. The maximum absolute atomic E-state index is 13.0. The van der Waals surface area contributed by atoms with E-state index in [1.165, 1.54) is 12.1 Å². The van der Waals surface area contributed by atoms with Gasteiger partial charge in [0.2, 0.25) is 5.95 Å². The Morgan fingerprint density at radius 2 is 1.68 bits per heavy atom. The van der Waals surface area contributed by atoms with Gasteiger partial charge in [-0.25, -0.2) is 4.98 Å². The Labute approximate surface area is 234 Å². The topological polar surface area (TPSA) is 93.0 Å². The fraction of sp³-hybridized carbons (Fsp3) is 0.241.